The van der Waals surface area contributed by atoms with E-state index in [4.69, 9.17) is 14.9 Å². The third-order valence-corrected chi connectivity index (χ3v) is 2.13. The molecular weight excluding hydrogens is 198 g/mol. The molecule has 0 unspecified atom stereocenters. The number of diazo groups is 1. The fourth-order valence-electron chi connectivity index (χ4n) is 1.33. The Bertz CT molecular complexity index is 266. The smallest absolute Gasteiger partial charge is 0.454 e. The Kier molecular flexibility index (Phi) is 4.87. The van der Waals surface area contributed by atoms with Gasteiger partial charge in [0.2, 0.25) is 5.39 Å². The van der Waals surface area contributed by atoms with E-state index in [1.807, 2.05) is 4.90 Å². The summed E-state index contributed by atoms with van der Waals surface area (Å²) in [5, 5.41) is 18.1. The van der Waals surface area contributed by atoms with E-state index < -0.39 is 0 Å². The van der Waals surface area contributed by atoms with Gasteiger partial charge in [-0.25, -0.2) is 0 Å². The molecule has 0 atom stereocenters. The number of hydrogen-bond donors (Lipinski definition) is 1. The number of hydrogen-bond acceptors (Lipinski definition) is 5. The molecule has 84 valence electrons. The second kappa shape index (κ2) is 6.22. The van der Waals surface area contributed by atoms with Crippen LogP contribution in [0.2, 0.25) is 0 Å². The number of aliphatic hydroxyl groups is 1. The molecule has 1 heterocycles. The summed E-state index contributed by atoms with van der Waals surface area (Å²) in [5.41, 5.74) is 0.152. The monoisotopic (exact) mass is 214 g/mol. The summed E-state index contributed by atoms with van der Waals surface area (Å²) >= 11 is 0. The van der Waals surface area contributed by atoms with Crippen LogP contribution in [-0.4, -0.2) is 49.5 Å². The lowest BCUT2D eigenvalue weighted by Crippen LogP contribution is -2.37. The molecule has 1 fully saturated rings. The van der Waals surface area contributed by atoms with Gasteiger partial charge in [0.25, 0.3) is 0 Å². The summed E-state index contributed by atoms with van der Waals surface area (Å²) in [5.74, 6) is -0.313. The molecule has 0 bridgehead atoms. The molecule has 0 amide bonds. The lowest BCUT2D eigenvalue weighted by molar-refractivity contribution is 0.0394. The molecule has 1 aliphatic heterocycles. The zero-order valence-electron chi connectivity index (χ0n) is 8.85. The van der Waals surface area contributed by atoms with E-state index >= 15 is 0 Å². The molecule has 0 aromatic carbocycles. The molecule has 0 saturated carbocycles. The minimum atomic E-state index is -0.313. The average molecular weight is 214 g/mol. The highest BCUT2D eigenvalue weighted by Gasteiger charge is 2.25. The van der Waals surface area contributed by atoms with E-state index in [9.17, 15) is 5.11 Å². The van der Waals surface area contributed by atoms with Crippen molar-refractivity contribution in [1.82, 2.24) is 4.90 Å². The highest BCUT2D eigenvalue weighted by Crippen LogP contribution is 2.09. The molecule has 15 heavy (non-hydrogen) atoms. The minimum Gasteiger partial charge on any atom is -0.475 e. The van der Waals surface area contributed by atoms with E-state index in [1.54, 1.807) is 6.92 Å². The first-order valence-electron chi connectivity index (χ1n) is 4.98. The third kappa shape index (κ3) is 3.73. The number of nitrogens with zero attached hydrogens (tertiary/aromatic N) is 3. The molecule has 1 aliphatic rings. The van der Waals surface area contributed by atoms with Crippen molar-refractivity contribution in [3.8, 4) is 0 Å². The maximum Gasteiger partial charge on any atom is 0.454 e. The van der Waals surface area contributed by atoms with Gasteiger partial charge >= 0.3 is 11.6 Å². The zero-order chi connectivity index (χ0) is 11.1. The average Bonchev–Trinajstić information content (AvgIpc) is 2.27. The van der Waals surface area contributed by atoms with Gasteiger partial charge in [-0.15, -0.1) is 0 Å². The molecule has 1 rings (SSSR count). The Hall–Kier alpha value is -1.32. The molecule has 6 heteroatoms. The molecule has 1 saturated heterocycles. The van der Waals surface area contributed by atoms with Crippen molar-refractivity contribution >= 4 is 0 Å². The van der Waals surface area contributed by atoms with Crippen molar-refractivity contribution in [2.24, 2.45) is 0 Å². The van der Waals surface area contributed by atoms with Gasteiger partial charge in [0.1, 0.15) is 6.54 Å². The minimum absolute atomic E-state index is 0.152. The van der Waals surface area contributed by atoms with Crippen molar-refractivity contribution in [1.29, 1.82) is 5.39 Å². The number of aliphatic hydroxyl groups excluding tert-OH is 1. The Balaban J connectivity index is 2.52. The maximum atomic E-state index is 9.39. The Morgan fingerprint density at radius 3 is 2.73 bits per heavy atom. The van der Waals surface area contributed by atoms with Gasteiger partial charge in [0.15, 0.2) is 4.98 Å². The van der Waals surface area contributed by atoms with Crippen LogP contribution in [0.25, 0.3) is 4.98 Å². The lowest BCUT2D eigenvalue weighted by Gasteiger charge is -2.23. The van der Waals surface area contributed by atoms with Gasteiger partial charge in [0, 0.05) is 13.1 Å². The fraction of sp³-hybridized carbons (Fsp3) is 0.778. The standard InChI is InChI=1S/C9H15N3O3/c1-2-15-9(13)8(11-10)7-12-3-5-14-6-4-12/h2-7H2,1H3/p+1/b9-8+. The molecular formula is C9H16N3O3+. The van der Waals surface area contributed by atoms with E-state index in [-0.39, 0.29) is 11.6 Å². The van der Waals surface area contributed by atoms with Gasteiger partial charge in [-0.2, -0.15) is 0 Å². The third-order valence-electron chi connectivity index (χ3n) is 2.13. The van der Waals surface area contributed by atoms with Crippen molar-refractivity contribution in [2.75, 3.05) is 39.5 Å². The van der Waals surface area contributed by atoms with E-state index in [0.717, 1.165) is 13.1 Å². The van der Waals surface area contributed by atoms with Crippen LogP contribution < -0.4 is 0 Å². The predicted octanol–water partition coefficient (Wildman–Crippen LogP) is 0.935. The first-order chi connectivity index (χ1) is 7.27. The van der Waals surface area contributed by atoms with E-state index in [0.29, 0.717) is 26.4 Å². The van der Waals surface area contributed by atoms with Crippen molar-refractivity contribution < 1.29 is 14.6 Å². The van der Waals surface area contributed by atoms with E-state index in [2.05, 4.69) is 4.98 Å². The van der Waals surface area contributed by atoms with Crippen LogP contribution in [0.4, 0.5) is 0 Å². The van der Waals surface area contributed by atoms with Crippen LogP contribution >= 0.6 is 0 Å². The van der Waals surface area contributed by atoms with Gasteiger partial charge in [-0.05, 0) is 6.92 Å². The molecule has 0 aromatic rings. The normalized spacial score (nSPS) is 19.2. The summed E-state index contributed by atoms with van der Waals surface area (Å²) in [6, 6.07) is 0. The molecule has 0 aromatic heterocycles. The summed E-state index contributed by atoms with van der Waals surface area (Å²) < 4.78 is 10.0. The summed E-state index contributed by atoms with van der Waals surface area (Å²) in [4.78, 5) is 5.04. The lowest BCUT2D eigenvalue weighted by atomic mass is 10.3. The fourth-order valence-corrected chi connectivity index (χ4v) is 1.33. The molecule has 0 radical (unpaired) electrons. The maximum absolute atomic E-state index is 9.39. The number of morpholine rings is 1. The highest BCUT2D eigenvalue weighted by atomic mass is 16.6. The van der Waals surface area contributed by atoms with Crippen LogP contribution in [0.15, 0.2) is 11.6 Å². The molecule has 1 N–H and O–H groups in total. The quantitative estimate of drug-likeness (QED) is 0.557. The van der Waals surface area contributed by atoms with Crippen LogP contribution in [-0.2, 0) is 9.47 Å². The van der Waals surface area contributed by atoms with Gasteiger partial charge in [-0.3, -0.25) is 4.90 Å². The molecule has 0 spiro atoms. The van der Waals surface area contributed by atoms with Gasteiger partial charge in [-0.1, -0.05) is 0 Å². The SMILES string of the molecule is CCO/C(O)=C(\CN1CCOCC1)[N+]#N. The first kappa shape index (κ1) is 11.8. The van der Waals surface area contributed by atoms with Crippen molar-refractivity contribution in [3.63, 3.8) is 0 Å². The second-order valence-corrected chi connectivity index (χ2v) is 3.17. The van der Waals surface area contributed by atoms with Crippen LogP contribution in [0.5, 0.6) is 0 Å². The largest absolute Gasteiger partial charge is 0.475 e. The van der Waals surface area contributed by atoms with Gasteiger partial charge < -0.3 is 14.6 Å². The summed E-state index contributed by atoms with van der Waals surface area (Å²) in [7, 11) is 0. The number of rotatable bonds is 4. The first-order valence-corrected chi connectivity index (χ1v) is 4.98. The topological polar surface area (TPSA) is 70.1 Å². The van der Waals surface area contributed by atoms with Gasteiger partial charge in [0.05, 0.1) is 19.8 Å². The van der Waals surface area contributed by atoms with Crippen molar-refractivity contribution in [2.45, 2.75) is 6.92 Å². The Labute approximate surface area is 88.7 Å². The Morgan fingerprint density at radius 1 is 1.53 bits per heavy atom. The zero-order valence-corrected chi connectivity index (χ0v) is 8.85. The highest BCUT2D eigenvalue weighted by molar-refractivity contribution is 5.11. The van der Waals surface area contributed by atoms with Crippen LogP contribution in [0.1, 0.15) is 6.92 Å². The second-order valence-electron chi connectivity index (χ2n) is 3.17. The molecule has 0 aliphatic carbocycles. The van der Waals surface area contributed by atoms with Crippen LogP contribution in [0.3, 0.4) is 0 Å². The van der Waals surface area contributed by atoms with E-state index in [1.165, 1.54) is 0 Å². The predicted molar refractivity (Wildman–Crippen MR) is 53.6 cm³/mol. The van der Waals surface area contributed by atoms with Crippen molar-refractivity contribution in [3.05, 3.63) is 16.6 Å². The number of ether oxygens (including phenoxy) is 2. The van der Waals surface area contributed by atoms with Crippen LogP contribution in [0, 0.1) is 5.39 Å². The molecule has 6 nitrogen and oxygen atoms in total. The summed E-state index contributed by atoms with van der Waals surface area (Å²) in [6.07, 6.45) is 0. The Morgan fingerprint density at radius 2 is 2.20 bits per heavy atom. The summed E-state index contributed by atoms with van der Waals surface area (Å²) in [6.45, 7) is 5.30.